The molecule has 0 saturated carbocycles. The number of fused-ring (bicyclic) bond motifs is 1. The maximum Gasteiger partial charge on any atom is 0.413 e. The first-order chi connectivity index (χ1) is 20.5. The Balaban J connectivity index is 1.34. The van der Waals surface area contributed by atoms with Crippen LogP contribution in [0, 0.1) is 17.1 Å². The average Bonchev–Trinajstić information content (AvgIpc) is 3.26. The van der Waals surface area contributed by atoms with Crippen molar-refractivity contribution in [2.45, 2.75) is 32.6 Å². The van der Waals surface area contributed by atoms with E-state index in [9.17, 15) is 14.7 Å². The number of ether oxygens (including phenoxy) is 2. The van der Waals surface area contributed by atoms with Gasteiger partial charge in [0.25, 0.3) is 0 Å². The Kier molecular flexibility index (Phi) is 7.85. The van der Waals surface area contributed by atoms with Crippen molar-refractivity contribution in [2.75, 3.05) is 28.7 Å². The summed E-state index contributed by atoms with van der Waals surface area (Å²) in [6, 6.07) is 15.2. The monoisotopic (exact) mass is 585 g/mol. The van der Waals surface area contributed by atoms with E-state index in [-0.39, 0.29) is 47.3 Å². The lowest BCUT2D eigenvalue weighted by atomic mass is 9.92. The number of carboxylic acid groups (broad SMARTS) is 1. The smallest absolute Gasteiger partial charge is 0.413 e. The average molecular weight is 586 g/mol. The van der Waals surface area contributed by atoms with Gasteiger partial charge in [0.2, 0.25) is 5.75 Å². The van der Waals surface area contributed by atoms with E-state index in [1.165, 1.54) is 24.4 Å². The van der Waals surface area contributed by atoms with Gasteiger partial charge >= 0.3 is 12.1 Å². The van der Waals surface area contributed by atoms with Gasteiger partial charge in [-0.3, -0.25) is 10.2 Å². The Labute approximate surface area is 246 Å². The molecular formula is C30H28FN7O5. The minimum Gasteiger partial charge on any atom is -0.486 e. The molecule has 1 aliphatic heterocycles. The standard InChI is InChI=1S/C30H28FN7O5/c1-30(2,3)24-16-25(38(36-24)19-7-5-18(17-32)6-8-19)35-28(39)34-22-10-9-20(15-21(22)31)43-23-11-12-33-27-26(23)42-14-4-13-37(27)29(40)41/h5-12,15-16H,4,13-14H2,1-3H3,(H,40,41)(H2,34,35,39). The summed E-state index contributed by atoms with van der Waals surface area (Å²) in [4.78, 5) is 29.8. The van der Waals surface area contributed by atoms with Crippen molar-refractivity contribution in [2.24, 2.45) is 0 Å². The van der Waals surface area contributed by atoms with E-state index in [0.717, 1.165) is 11.0 Å². The zero-order valence-corrected chi connectivity index (χ0v) is 23.6. The van der Waals surface area contributed by atoms with E-state index >= 15 is 4.39 Å². The molecule has 0 aliphatic carbocycles. The quantitative estimate of drug-likeness (QED) is 0.247. The normalized spacial score (nSPS) is 12.8. The van der Waals surface area contributed by atoms with Gasteiger partial charge in [0.1, 0.15) is 17.4 Å². The summed E-state index contributed by atoms with van der Waals surface area (Å²) in [6.45, 7) is 6.42. The number of carbonyl (C=O) groups is 2. The Hall–Kier alpha value is -5.64. The van der Waals surface area contributed by atoms with E-state index < -0.39 is 17.9 Å². The molecule has 43 heavy (non-hydrogen) atoms. The minimum atomic E-state index is -1.18. The van der Waals surface area contributed by atoms with Crippen LogP contribution in [0.4, 0.5) is 31.3 Å². The summed E-state index contributed by atoms with van der Waals surface area (Å²) in [5, 5.41) is 28.5. The third kappa shape index (κ3) is 6.33. The number of pyridine rings is 1. The van der Waals surface area contributed by atoms with Crippen LogP contribution in [0.1, 0.15) is 38.4 Å². The van der Waals surface area contributed by atoms with Gasteiger partial charge in [-0.2, -0.15) is 10.4 Å². The number of anilines is 3. The van der Waals surface area contributed by atoms with Gasteiger partial charge in [0, 0.05) is 36.4 Å². The van der Waals surface area contributed by atoms with Crippen LogP contribution in [0.25, 0.3) is 5.69 Å². The van der Waals surface area contributed by atoms with Crippen molar-refractivity contribution in [1.29, 1.82) is 5.26 Å². The fraction of sp³-hybridized carbons (Fsp3) is 0.233. The molecule has 3 heterocycles. The fourth-order valence-electron chi connectivity index (χ4n) is 4.29. The van der Waals surface area contributed by atoms with Gasteiger partial charge < -0.3 is 19.9 Å². The van der Waals surface area contributed by atoms with E-state index in [2.05, 4.69) is 26.8 Å². The van der Waals surface area contributed by atoms with Crippen molar-refractivity contribution in [3.05, 3.63) is 77.9 Å². The lowest BCUT2D eigenvalue weighted by Crippen LogP contribution is -2.30. The van der Waals surface area contributed by atoms with Crippen molar-refractivity contribution < 1.29 is 28.6 Å². The highest BCUT2D eigenvalue weighted by molar-refractivity contribution is 5.99. The predicted molar refractivity (Wildman–Crippen MR) is 156 cm³/mol. The van der Waals surface area contributed by atoms with Crippen LogP contribution < -0.4 is 25.0 Å². The predicted octanol–water partition coefficient (Wildman–Crippen LogP) is 6.28. The van der Waals surface area contributed by atoms with E-state index in [0.29, 0.717) is 29.2 Å². The molecule has 1 aliphatic rings. The summed E-state index contributed by atoms with van der Waals surface area (Å²) < 4.78 is 28.2. The number of amides is 3. The lowest BCUT2D eigenvalue weighted by molar-refractivity contribution is 0.201. The van der Waals surface area contributed by atoms with Gasteiger partial charge in [-0.25, -0.2) is 23.6 Å². The number of hydrogen-bond acceptors (Lipinski definition) is 7. The summed E-state index contributed by atoms with van der Waals surface area (Å²) in [5.41, 5.74) is 1.39. The fourth-order valence-corrected chi connectivity index (χ4v) is 4.29. The maximum absolute atomic E-state index is 15.1. The van der Waals surface area contributed by atoms with Crippen molar-refractivity contribution in [1.82, 2.24) is 14.8 Å². The Bertz CT molecular complexity index is 1720. The molecule has 3 N–H and O–H groups in total. The largest absolute Gasteiger partial charge is 0.486 e. The first-order valence-electron chi connectivity index (χ1n) is 13.3. The van der Waals surface area contributed by atoms with Crippen molar-refractivity contribution >= 4 is 29.4 Å². The van der Waals surface area contributed by atoms with Gasteiger partial charge in [-0.1, -0.05) is 20.8 Å². The molecule has 0 unspecified atom stereocenters. The first-order valence-corrected chi connectivity index (χ1v) is 13.3. The summed E-state index contributed by atoms with van der Waals surface area (Å²) >= 11 is 0. The molecule has 5 rings (SSSR count). The number of halogens is 1. The molecule has 2 aromatic carbocycles. The molecule has 0 bridgehead atoms. The topological polar surface area (TPSA) is 155 Å². The van der Waals surface area contributed by atoms with E-state index in [4.69, 9.17) is 14.7 Å². The van der Waals surface area contributed by atoms with Crippen LogP contribution in [0.3, 0.4) is 0 Å². The Morgan fingerprint density at radius 3 is 2.56 bits per heavy atom. The van der Waals surface area contributed by atoms with Crippen LogP contribution >= 0.6 is 0 Å². The van der Waals surface area contributed by atoms with Crippen LogP contribution in [0.15, 0.2) is 60.8 Å². The maximum atomic E-state index is 15.1. The Morgan fingerprint density at radius 2 is 1.88 bits per heavy atom. The molecule has 0 fully saturated rings. The highest BCUT2D eigenvalue weighted by Gasteiger charge is 2.27. The molecule has 13 heteroatoms. The lowest BCUT2D eigenvalue weighted by Gasteiger charge is -2.18. The SMILES string of the molecule is CC(C)(C)c1cc(NC(=O)Nc2ccc(Oc3ccnc4c3OCCCN4C(=O)O)cc2F)n(-c2ccc(C#N)cc2)n1. The van der Waals surface area contributed by atoms with Crippen molar-refractivity contribution in [3.63, 3.8) is 0 Å². The molecule has 4 aromatic rings. The number of benzene rings is 2. The number of carbonyl (C=O) groups excluding carboxylic acids is 1. The summed E-state index contributed by atoms with van der Waals surface area (Å²) in [7, 11) is 0. The molecule has 3 amide bonds. The van der Waals surface area contributed by atoms with Crippen LogP contribution in [-0.4, -0.2) is 45.1 Å². The second-order valence-corrected chi connectivity index (χ2v) is 10.7. The number of aromatic nitrogens is 3. The molecule has 0 saturated heterocycles. The van der Waals surface area contributed by atoms with E-state index in [1.807, 2.05) is 20.8 Å². The minimum absolute atomic E-state index is 0.0906. The highest BCUT2D eigenvalue weighted by atomic mass is 19.1. The van der Waals surface area contributed by atoms with Gasteiger partial charge in [0.15, 0.2) is 11.6 Å². The van der Waals surface area contributed by atoms with E-state index in [1.54, 1.807) is 35.0 Å². The number of nitriles is 1. The number of nitrogens with zero attached hydrogens (tertiary/aromatic N) is 5. The molecule has 2 aromatic heterocycles. The highest BCUT2D eigenvalue weighted by Crippen LogP contribution is 2.40. The third-order valence-corrected chi connectivity index (χ3v) is 6.49. The number of urea groups is 1. The van der Waals surface area contributed by atoms with Gasteiger partial charge in [-0.05, 0) is 42.8 Å². The van der Waals surface area contributed by atoms with Gasteiger partial charge in [-0.15, -0.1) is 0 Å². The summed E-state index contributed by atoms with van der Waals surface area (Å²) in [6.07, 6.45) is 0.666. The second-order valence-electron chi connectivity index (χ2n) is 10.7. The third-order valence-electron chi connectivity index (χ3n) is 6.49. The second kappa shape index (κ2) is 11.7. The van der Waals surface area contributed by atoms with Crippen LogP contribution in [-0.2, 0) is 5.41 Å². The van der Waals surface area contributed by atoms with Crippen LogP contribution in [0.2, 0.25) is 0 Å². The van der Waals surface area contributed by atoms with Crippen LogP contribution in [0.5, 0.6) is 17.2 Å². The number of rotatable bonds is 5. The number of nitrogens with one attached hydrogen (secondary N) is 2. The Morgan fingerprint density at radius 1 is 1.12 bits per heavy atom. The molecule has 0 atom stereocenters. The molecule has 220 valence electrons. The number of hydrogen-bond donors (Lipinski definition) is 3. The molecule has 0 spiro atoms. The zero-order chi connectivity index (χ0) is 30.7. The molecule has 0 radical (unpaired) electrons. The van der Waals surface area contributed by atoms with Crippen molar-refractivity contribution in [3.8, 4) is 29.0 Å². The zero-order valence-electron chi connectivity index (χ0n) is 23.6. The summed E-state index contributed by atoms with van der Waals surface area (Å²) in [5.74, 6) is 0.0748. The molecule has 12 nitrogen and oxygen atoms in total. The first kappa shape index (κ1) is 28.9. The van der Waals surface area contributed by atoms with Gasteiger partial charge in [0.05, 0.1) is 35.3 Å². The molecular weight excluding hydrogens is 557 g/mol.